The van der Waals surface area contributed by atoms with Crippen molar-refractivity contribution in [2.45, 2.75) is 18.6 Å². The second-order valence-electron chi connectivity index (χ2n) is 5.32. The van der Waals surface area contributed by atoms with Gasteiger partial charge in [0.2, 0.25) is 5.91 Å². The van der Waals surface area contributed by atoms with Crippen molar-refractivity contribution in [3.63, 3.8) is 0 Å². The van der Waals surface area contributed by atoms with E-state index < -0.39 is 0 Å². The summed E-state index contributed by atoms with van der Waals surface area (Å²) in [5.41, 5.74) is 2.11. The highest BCUT2D eigenvalue weighted by Crippen LogP contribution is 2.24. The Hall–Kier alpha value is -1.23. The number of amides is 1. The van der Waals surface area contributed by atoms with Crippen LogP contribution < -0.4 is 5.32 Å². The van der Waals surface area contributed by atoms with Gasteiger partial charge in [0.1, 0.15) is 5.82 Å². The Bertz CT molecular complexity index is 679. The van der Waals surface area contributed by atoms with Gasteiger partial charge in [-0.05, 0) is 48.2 Å². The molecule has 2 aromatic carbocycles. The number of halogens is 3. The maximum absolute atomic E-state index is 12.8. The maximum atomic E-state index is 12.8. The number of aryl methyl sites for hydroxylation is 1. The minimum atomic E-state index is -0.231. The van der Waals surface area contributed by atoms with Gasteiger partial charge in [0.15, 0.2) is 0 Å². The van der Waals surface area contributed by atoms with Gasteiger partial charge in [-0.15, -0.1) is 11.8 Å². The van der Waals surface area contributed by atoms with Crippen molar-refractivity contribution in [3.8, 4) is 0 Å². The van der Waals surface area contributed by atoms with Gasteiger partial charge in [-0.25, -0.2) is 4.39 Å². The molecule has 0 atom stereocenters. The maximum Gasteiger partial charge on any atom is 0.230 e. The lowest BCUT2D eigenvalue weighted by Crippen LogP contribution is -2.26. The van der Waals surface area contributed by atoms with Crippen molar-refractivity contribution in [1.29, 1.82) is 0 Å². The van der Waals surface area contributed by atoms with Crippen LogP contribution in [-0.2, 0) is 17.0 Å². The predicted octanol–water partition coefficient (Wildman–Crippen LogP) is 5.11. The number of hydrogen-bond donors (Lipinski definition) is 1. The quantitative estimate of drug-likeness (QED) is 0.639. The van der Waals surface area contributed by atoms with Crippen molar-refractivity contribution in [1.82, 2.24) is 5.32 Å². The SMILES string of the molecule is O=C(CSCc1ccc(Cl)c(Cl)c1)NCCCc1ccc(F)cc1. The number of thioether (sulfide) groups is 1. The zero-order valence-electron chi connectivity index (χ0n) is 13.0. The minimum Gasteiger partial charge on any atom is -0.355 e. The summed E-state index contributed by atoms with van der Waals surface area (Å²) in [5, 5.41) is 3.95. The van der Waals surface area contributed by atoms with E-state index in [0.29, 0.717) is 28.1 Å². The predicted molar refractivity (Wildman–Crippen MR) is 100 cm³/mol. The van der Waals surface area contributed by atoms with Crippen molar-refractivity contribution < 1.29 is 9.18 Å². The first-order valence-electron chi connectivity index (χ1n) is 7.57. The number of nitrogens with one attached hydrogen (secondary N) is 1. The Morgan fingerprint density at radius 2 is 1.75 bits per heavy atom. The molecule has 2 rings (SSSR count). The van der Waals surface area contributed by atoms with Gasteiger partial charge in [-0.2, -0.15) is 0 Å². The molecule has 1 N–H and O–H groups in total. The van der Waals surface area contributed by atoms with E-state index in [9.17, 15) is 9.18 Å². The number of rotatable bonds is 8. The van der Waals surface area contributed by atoms with E-state index in [-0.39, 0.29) is 11.7 Å². The molecule has 0 aliphatic heterocycles. The standard InChI is InChI=1S/C18H18Cl2FNOS/c19-16-8-5-14(10-17(16)20)11-24-12-18(23)22-9-1-2-13-3-6-15(21)7-4-13/h3-8,10H,1-2,9,11-12H2,(H,22,23). The van der Waals surface area contributed by atoms with Crippen LogP contribution in [0.4, 0.5) is 4.39 Å². The molecule has 6 heteroatoms. The van der Waals surface area contributed by atoms with Crippen LogP contribution in [0.5, 0.6) is 0 Å². The van der Waals surface area contributed by atoms with Crippen LogP contribution in [0.3, 0.4) is 0 Å². The van der Waals surface area contributed by atoms with Crippen LogP contribution in [0.15, 0.2) is 42.5 Å². The molecule has 0 saturated heterocycles. The topological polar surface area (TPSA) is 29.1 Å². The molecule has 2 aromatic rings. The summed E-state index contributed by atoms with van der Waals surface area (Å²) < 4.78 is 12.8. The monoisotopic (exact) mass is 385 g/mol. The third kappa shape index (κ3) is 6.71. The Morgan fingerprint density at radius 1 is 1.04 bits per heavy atom. The fourth-order valence-electron chi connectivity index (χ4n) is 2.11. The second kappa shape index (κ2) is 9.92. The van der Waals surface area contributed by atoms with Crippen molar-refractivity contribution in [2.75, 3.05) is 12.3 Å². The summed E-state index contributed by atoms with van der Waals surface area (Å²) in [4.78, 5) is 11.8. The van der Waals surface area contributed by atoms with Gasteiger partial charge >= 0.3 is 0 Å². The molecular formula is C18H18Cl2FNOS. The molecule has 0 aliphatic carbocycles. The largest absolute Gasteiger partial charge is 0.355 e. The summed E-state index contributed by atoms with van der Waals surface area (Å²) in [6.07, 6.45) is 1.64. The highest BCUT2D eigenvalue weighted by atomic mass is 35.5. The van der Waals surface area contributed by atoms with E-state index >= 15 is 0 Å². The van der Waals surface area contributed by atoms with Crippen LogP contribution in [0.1, 0.15) is 17.5 Å². The lowest BCUT2D eigenvalue weighted by Gasteiger charge is -2.06. The van der Waals surface area contributed by atoms with E-state index in [4.69, 9.17) is 23.2 Å². The van der Waals surface area contributed by atoms with Gasteiger partial charge in [-0.3, -0.25) is 4.79 Å². The Balaban J connectivity index is 1.59. The molecule has 0 aliphatic rings. The number of hydrogen-bond acceptors (Lipinski definition) is 2. The third-order valence-electron chi connectivity index (χ3n) is 3.36. The van der Waals surface area contributed by atoms with Crippen molar-refractivity contribution >= 4 is 40.9 Å². The molecule has 24 heavy (non-hydrogen) atoms. The Labute approximate surface area is 155 Å². The van der Waals surface area contributed by atoms with Crippen LogP contribution in [0.2, 0.25) is 10.0 Å². The molecular weight excluding hydrogens is 368 g/mol. The number of carbonyl (C=O) groups is 1. The van der Waals surface area contributed by atoms with Crippen molar-refractivity contribution in [3.05, 3.63) is 69.5 Å². The number of carbonyl (C=O) groups excluding carboxylic acids is 1. The summed E-state index contributed by atoms with van der Waals surface area (Å²) in [6.45, 7) is 0.615. The van der Waals surface area contributed by atoms with E-state index in [1.54, 1.807) is 18.2 Å². The first-order chi connectivity index (χ1) is 11.5. The van der Waals surface area contributed by atoms with E-state index in [2.05, 4.69) is 5.32 Å². The molecule has 128 valence electrons. The highest BCUT2D eigenvalue weighted by molar-refractivity contribution is 7.99. The van der Waals surface area contributed by atoms with Gasteiger partial charge in [0.25, 0.3) is 0 Å². The van der Waals surface area contributed by atoms with E-state index in [0.717, 1.165) is 24.0 Å². The summed E-state index contributed by atoms with van der Waals surface area (Å²) >= 11 is 13.4. The van der Waals surface area contributed by atoms with Crippen molar-refractivity contribution in [2.24, 2.45) is 0 Å². The molecule has 0 bridgehead atoms. The summed E-state index contributed by atoms with van der Waals surface area (Å²) in [7, 11) is 0. The first-order valence-corrected chi connectivity index (χ1v) is 9.48. The van der Waals surface area contributed by atoms with Crippen LogP contribution in [-0.4, -0.2) is 18.2 Å². The normalized spacial score (nSPS) is 10.6. The molecule has 0 aromatic heterocycles. The molecule has 0 saturated carbocycles. The summed E-state index contributed by atoms with van der Waals surface area (Å²) in [6, 6.07) is 11.9. The lowest BCUT2D eigenvalue weighted by atomic mass is 10.1. The van der Waals surface area contributed by atoms with Gasteiger partial charge in [0, 0.05) is 12.3 Å². The van der Waals surface area contributed by atoms with Gasteiger partial charge < -0.3 is 5.32 Å². The lowest BCUT2D eigenvalue weighted by molar-refractivity contribution is -0.118. The Kier molecular flexibility index (Phi) is 7.89. The zero-order chi connectivity index (χ0) is 17.4. The second-order valence-corrected chi connectivity index (χ2v) is 7.12. The summed E-state index contributed by atoms with van der Waals surface area (Å²) in [5.74, 6) is 0.890. The molecule has 0 unspecified atom stereocenters. The van der Waals surface area contributed by atoms with Crippen LogP contribution >= 0.6 is 35.0 Å². The van der Waals surface area contributed by atoms with Crippen LogP contribution in [0.25, 0.3) is 0 Å². The van der Waals surface area contributed by atoms with Crippen LogP contribution in [0, 0.1) is 5.82 Å². The average molecular weight is 386 g/mol. The molecule has 0 fully saturated rings. The molecule has 2 nitrogen and oxygen atoms in total. The molecule has 0 heterocycles. The highest BCUT2D eigenvalue weighted by Gasteiger charge is 2.04. The fourth-order valence-corrected chi connectivity index (χ4v) is 3.24. The Morgan fingerprint density at radius 3 is 2.46 bits per heavy atom. The third-order valence-corrected chi connectivity index (χ3v) is 5.11. The fraction of sp³-hybridized carbons (Fsp3) is 0.278. The van der Waals surface area contributed by atoms with E-state index in [1.165, 1.54) is 23.9 Å². The van der Waals surface area contributed by atoms with Gasteiger partial charge in [-0.1, -0.05) is 41.4 Å². The van der Waals surface area contributed by atoms with E-state index in [1.807, 2.05) is 12.1 Å². The molecule has 1 amide bonds. The number of benzene rings is 2. The smallest absolute Gasteiger partial charge is 0.230 e. The minimum absolute atomic E-state index is 0.0131. The zero-order valence-corrected chi connectivity index (χ0v) is 15.4. The molecule has 0 spiro atoms. The first kappa shape index (κ1) is 19.1. The van der Waals surface area contributed by atoms with Gasteiger partial charge in [0.05, 0.1) is 15.8 Å². The molecule has 0 radical (unpaired) electrons. The average Bonchev–Trinajstić information content (AvgIpc) is 2.56.